The lowest BCUT2D eigenvalue weighted by molar-refractivity contribution is 0.567. The van der Waals surface area contributed by atoms with Crippen molar-refractivity contribution in [1.29, 1.82) is 0 Å². The van der Waals surface area contributed by atoms with Gasteiger partial charge in [0, 0.05) is 5.92 Å². The molecule has 0 aromatic carbocycles. The first-order chi connectivity index (χ1) is 8.74. The summed E-state index contributed by atoms with van der Waals surface area (Å²) in [5.41, 5.74) is -0.176. The topological polar surface area (TPSA) is 94.4 Å². The smallest absolute Gasteiger partial charge is 0.327 e. The quantitative estimate of drug-likeness (QED) is 0.665. The number of hydrogen-bond acceptors (Lipinski definition) is 3. The lowest BCUT2D eigenvalue weighted by atomic mass is 10.00. The van der Waals surface area contributed by atoms with Gasteiger partial charge in [-0.2, -0.15) is 0 Å². The highest BCUT2D eigenvalue weighted by Crippen LogP contribution is 2.30. The van der Waals surface area contributed by atoms with Crippen LogP contribution in [-0.2, 0) is 0 Å². The molecule has 0 unspecified atom stereocenters. The minimum atomic E-state index is -0.508. The van der Waals surface area contributed by atoms with Crippen molar-refractivity contribution in [2.75, 3.05) is 0 Å². The lowest BCUT2D eigenvalue weighted by Crippen LogP contribution is -2.21. The Hall–Kier alpha value is -1.85. The van der Waals surface area contributed by atoms with Crippen LogP contribution in [0.4, 0.5) is 0 Å². The Kier molecular flexibility index (Phi) is 2.77. The van der Waals surface area contributed by atoms with Crippen molar-refractivity contribution in [2.24, 2.45) is 0 Å². The highest BCUT2D eigenvalue weighted by molar-refractivity contribution is 5.68. The molecule has 0 radical (unpaired) electrons. The van der Waals surface area contributed by atoms with E-state index in [0.29, 0.717) is 17.1 Å². The van der Waals surface area contributed by atoms with Gasteiger partial charge < -0.3 is 4.98 Å². The molecule has 2 aromatic heterocycles. The molecule has 18 heavy (non-hydrogen) atoms. The molecule has 2 aromatic rings. The maximum absolute atomic E-state index is 11.6. The molecule has 2 heterocycles. The number of aromatic amines is 3. The van der Waals surface area contributed by atoms with E-state index in [1.807, 2.05) is 0 Å². The van der Waals surface area contributed by atoms with Crippen molar-refractivity contribution in [2.45, 2.75) is 44.4 Å². The number of aromatic nitrogens is 4. The third kappa shape index (κ3) is 1.98. The highest BCUT2D eigenvalue weighted by Gasteiger charge is 2.18. The summed E-state index contributed by atoms with van der Waals surface area (Å²) in [6.07, 6.45) is 7.15. The van der Waals surface area contributed by atoms with Gasteiger partial charge in [-0.25, -0.2) is 9.78 Å². The van der Waals surface area contributed by atoms with Gasteiger partial charge in [-0.3, -0.25) is 14.8 Å². The predicted octanol–water partition coefficient (Wildman–Crippen LogP) is 1.38. The predicted molar refractivity (Wildman–Crippen MR) is 67.8 cm³/mol. The summed E-state index contributed by atoms with van der Waals surface area (Å²) in [6.45, 7) is 0. The van der Waals surface area contributed by atoms with Gasteiger partial charge in [-0.15, -0.1) is 0 Å². The summed E-state index contributed by atoms with van der Waals surface area (Å²) in [5, 5.41) is 0. The van der Waals surface area contributed by atoms with Crippen LogP contribution >= 0.6 is 0 Å². The average molecular weight is 248 g/mol. The van der Waals surface area contributed by atoms with E-state index in [2.05, 4.69) is 19.9 Å². The van der Waals surface area contributed by atoms with Crippen LogP contribution in [0, 0.1) is 0 Å². The molecule has 1 aliphatic carbocycles. The number of nitrogens with one attached hydrogen (secondary N) is 3. The minimum absolute atomic E-state index is 0.364. The molecule has 1 aliphatic rings. The van der Waals surface area contributed by atoms with E-state index in [-0.39, 0.29) is 0 Å². The van der Waals surface area contributed by atoms with Crippen molar-refractivity contribution in [3.63, 3.8) is 0 Å². The van der Waals surface area contributed by atoms with Crippen LogP contribution < -0.4 is 11.2 Å². The first kappa shape index (κ1) is 11.3. The van der Waals surface area contributed by atoms with Gasteiger partial charge >= 0.3 is 5.69 Å². The zero-order valence-corrected chi connectivity index (χ0v) is 10.1. The van der Waals surface area contributed by atoms with Crippen molar-refractivity contribution < 1.29 is 0 Å². The molecule has 3 N–H and O–H groups in total. The van der Waals surface area contributed by atoms with Crippen molar-refractivity contribution >= 4 is 11.2 Å². The summed E-state index contributed by atoms with van der Waals surface area (Å²) in [5.74, 6) is 1.21. The fourth-order valence-corrected chi connectivity index (χ4v) is 2.70. The fraction of sp³-hybridized carbons (Fsp3) is 0.583. The van der Waals surface area contributed by atoms with Crippen LogP contribution in [0.3, 0.4) is 0 Å². The van der Waals surface area contributed by atoms with Gasteiger partial charge in [0.1, 0.15) is 11.3 Å². The van der Waals surface area contributed by atoms with E-state index in [4.69, 9.17) is 0 Å². The number of fused-ring (bicyclic) bond motifs is 1. The second kappa shape index (κ2) is 4.44. The summed E-state index contributed by atoms with van der Waals surface area (Å²) < 4.78 is 0. The number of H-pyrrole nitrogens is 3. The van der Waals surface area contributed by atoms with E-state index in [1.165, 1.54) is 25.7 Å². The third-order valence-electron chi connectivity index (χ3n) is 3.65. The summed E-state index contributed by atoms with van der Waals surface area (Å²) >= 11 is 0. The van der Waals surface area contributed by atoms with Crippen LogP contribution in [0.25, 0.3) is 11.2 Å². The van der Waals surface area contributed by atoms with E-state index in [1.54, 1.807) is 0 Å². The molecule has 0 bridgehead atoms. The maximum Gasteiger partial charge on any atom is 0.327 e. The molecule has 6 nitrogen and oxygen atoms in total. The molecule has 0 saturated heterocycles. The molecule has 0 aliphatic heterocycles. The number of imidazole rings is 1. The second-order valence-corrected chi connectivity index (χ2v) is 4.94. The molecule has 0 amide bonds. The maximum atomic E-state index is 11.6. The average Bonchev–Trinajstić information content (AvgIpc) is 2.59. The van der Waals surface area contributed by atoms with Crippen LogP contribution in [0.5, 0.6) is 0 Å². The largest absolute Gasteiger partial charge is 0.336 e. The monoisotopic (exact) mass is 248 g/mol. The van der Waals surface area contributed by atoms with Crippen LogP contribution in [-0.4, -0.2) is 19.9 Å². The van der Waals surface area contributed by atoms with Crippen molar-refractivity contribution in [3.05, 3.63) is 26.7 Å². The molecule has 3 rings (SSSR count). The van der Waals surface area contributed by atoms with Gasteiger partial charge in [-0.1, -0.05) is 25.7 Å². The van der Waals surface area contributed by atoms with Crippen LogP contribution in [0.1, 0.15) is 50.3 Å². The Labute approximate surface area is 103 Å². The zero-order chi connectivity index (χ0) is 12.5. The van der Waals surface area contributed by atoms with E-state index in [0.717, 1.165) is 18.7 Å². The standard InChI is InChI=1S/C12H16N4O2/c17-11-8-10(15-12(18)16-11)14-9(13-8)7-5-3-1-2-4-6-7/h7H,1-6H2,(H3,13,14,15,16,17,18). The summed E-state index contributed by atoms with van der Waals surface area (Å²) in [7, 11) is 0. The van der Waals surface area contributed by atoms with Gasteiger partial charge in [0.25, 0.3) is 5.56 Å². The molecule has 1 fully saturated rings. The molecule has 96 valence electrons. The third-order valence-corrected chi connectivity index (χ3v) is 3.65. The number of rotatable bonds is 1. The number of hydrogen-bond donors (Lipinski definition) is 3. The fourth-order valence-electron chi connectivity index (χ4n) is 2.70. The van der Waals surface area contributed by atoms with E-state index < -0.39 is 11.2 Å². The van der Waals surface area contributed by atoms with E-state index in [9.17, 15) is 9.59 Å². The lowest BCUT2D eigenvalue weighted by Gasteiger charge is -2.09. The molecule has 0 atom stereocenters. The number of nitrogens with zero attached hydrogens (tertiary/aromatic N) is 1. The van der Waals surface area contributed by atoms with Crippen molar-refractivity contribution in [1.82, 2.24) is 19.9 Å². The Morgan fingerprint density at radius 3 is 2.39 bits per heavy atom. The Morgan fingerprint density at radius 1 is 0.944 bits per heavy atom. The second-order valence-electron chi connectivity index (χ2n) is 4.94. The van der Waals surface area contributed by atoms with E-state index >= 15 is 0 Å². The molecular formula is C12H16N4O2. The zero-order valence-electron chi connectivity index (χ0n) is 10.1. The first-order valence-electron chi connectivity index (χ1n) is 6.46. The summed E-state index contributed by atoms with van der Waals surface area (Å²) in [4.78, 5) is 35.0. The molecule has 6 heteroatoms. The van der Waals surface area contributed by atoms with Crippen LogP contribution in [0.15, 0.2) is 9.59 Å². The van der Waals surface area contributed by atoms with Crippen LogP contribution in [0.2, 0.25) is 0 Å². The normalized spacial score (nSPS) is 18.0. The van der Waals surface area contributed by atoms with Crippen molar-refractivity contribution in [3.8, 4) is 0 Å². The Balaban J connectivity index is 2.04. The molecular weight excluding hydrogens is 232 g/mol. The SMILES string of the molecule is O=c1[nH]c(=O)c2[nH]c(C3CCCCCC3)nc2[nH]1. The first-order valence-corrected chi connectivity index (χ1v) is 6.46. The van der Waals surface area contributed by atoms with Gasteiger partial charge in [0.15, 0.2) is 5.65 Å². The molecule has 0 spiro atoms. The highest BCUT2D eigenvalue weighted by atomic mass is 16.2. The van der Waals surface area contributed by atoms with Gasteiger partial charge in [0.05, 0.1) is 0 Å². The van der Waals surface area contributed by atoms with Gasteiger partial charge in [-0.05, 0) is 12.8 Å². The summed E-state index contributed by atoms with van der Waals surface area (Å²) in [6, 6.07) is 0. The Morgan fingerprint density at radius 2 is 1.67 bits per heavy atom. The molecule has 1 saturated carbocycles. The van der Waals surface area contributed by atoms with Gasteiger partial charge in [0.2, 0.25) is 0 Å². The Bertz CT molecular complexity index is 659. The minimum Gasteiger partial charge on any atom is -0.336 e.